The molecule has 4 heteroatoms. The van der Waals surface area contributed by atoms with E-state index in [1.807, 2.05) is 0 Å². The molecule has 2 saturated carbocycles. The van der Waals surface area contributed by atoms with Crippen molar-refractivity contribution < 1.29 is 0 Å². The minimum atomic E-state index is 0.575. The fourth-order valence-electron chi connectivity index (χ4n) is 2.21. The first kappa shape index (κ1) is 10.7. The lowest BCUT2D eigenvalue weighted by atomic mass is 10.1. The summed E-state index contributed by atoms with van der Waals surface area (Å²) >= 11 is 11.9. The zero-order valence-electron chi connectivity index (χ0n) is 8.92. The molecule has 0 unspecified atom stereocenters. The van der Waals surface area contributed by atoms with Gasteiger partial charge in [0.25, 0.3) is 0 Å². The van der Waals surface area contributed by atoms with Gasteiger partial charge >= 0.3 is 0 Å². The number of hydrogen-bond acceptors (Lipinski definition) is 2. The molecule has 0 aliphatic heterocycles. The number of rotatable bonds is 4. The monoisotopic (exact) mass is 256 g/mol. The lowest BCUT2D eigenvalue weighted by Gasteiger charge is -2.19. The molecule has 1 N–H and O–H groups in total. The summed E-state index contributed by atoms with van der Waals surface area (Å²) in [5, 5.41) is 4.71. The smallest absolute Gasteiger partial charge is 0.145 e. The van der Waals surface area contributed by atoms with Gasteiger partial charge in [-0.2, -0.15) is 0 Å². The van der Waals surface area contributed by atoms with Crippen LogP contribution in [0.2, 0.25) is 10.0 Å². The molecule has 16 heavy (non-hydrogen) atoms. The fourth-order valence-corrected chi connectivity index (χ4v) is 2.64. The van der Waals surface area contributed by atoms with Crippen LogP contribution in [0.15, 0.2) is 12.3 Å². The lowest BCUT2D eigenvalue weighted by Crippen LogP contribution is -2.24. The first-order valence-corrected chi connectivity index (χ1v) is 6.57. The highest BCUT2D eigenvalue weighted by Gasteiger charge is 2.41. The molecule has 2 nitrogen and oxygen atoms in total. The number of nitrogens with one attached hydrogen (secondary N) is 1. The molecule has 2 aliphatic rings. The Morgan fingerprint density at radius 1 is 1.19 bits per heavy atom. The molecule has 0 bridgehead atoms. The zero-order valence-corrected chi connectivity index (χ0v) is 10.4. The molecule has 0 atom stereocenters. The second kappa shape index (κ2) is 4.08. The average Bonchev–Trinajstić information content (AvgIpc) is 3.11. The van der Waals surface area contributed by atoms with Gasteiger partial charge < -0.3 is 5.32 Å². The maximum absolute atomic E-state index is 6.11. The predicted octanol–water partition coefficient (Wildman–Crippen LogP) is 3.99. The van der Waals surface area contributed by atoms with Gasteiger partial charge in [-0.25, -0.2) is 4.98 Å². The summed E-state index contributed by atoms with van der Waals surface area (Å²) in [6.07, 6.45) is 7.03. The Morgan fingerprint density at radius 2 is 1.81 bits per heavy atom. The van der Waals surface area contributed by atoms with E-state index in [4.69, 9.17) is 23.2 Å². The number of nitrogens with zero attached hydrogens (tertiary/aromatic N) is 1. The van der Waals surface area contributed by atoms with Gasteiger partial charge in [-0.05, 0) is 43.6 Å². The van der Waals surface area contributed by atoms with Crippen LogP contribution < -0.4 is 5.32 Å². The van der Waals surface area contributed by atoms with Crippen molar-refractivity contribution in [2.75, 3.05) is 5.32 Å². The largest absolute Gasteiger partial charge is 0.366 e. The van der Waals surface area contributed by atoms with E-state index in [1.165, 1.54) is 25.7 Å². The standard InChI is InChI=1S/C12H14Cl2N2/c13-9-5-10(14)12(15-6-9)16-11(7-1-2-7)8-3-4-8/h5-8,11H,1-4H2,(H,15,16). The van der Waals surface area contributed by atoms with E-state index < -0.39 is 0 Å². The molecule has 1 heterocycles. The van der Waals surface area contributed by atoms with E-state index >= 15 is 0 Å². The number of pyridine rings is 1. The van der Waals surface area contributed by atoms with E-state index in [1.54, 1.807) is 12.3 Å². The Bertz CT molecular complexity index is 388. The molecule has 1 aromatic heterocycles. The maximum atomic E-state index is 6.11. The van der Waals surface area contributed by atoms with Crippen LogP contribution in [0.5, 0.6) is 0 Å². The summed E-state index contributed by atoms with van der Waals surface area (Å²) in [6, 6.07) is 2.32. The minimum absolute atomic E-state index is 0.575. The van der Waals surface area contributed by atoms with E-state index in [9.17, 15) is 0 Å². The third-order valence-electron chi connectivity index (χ3n) is 3.37. The Labute approximate surface area is 105 Å². The van der Waals surface area contributed by atoms with Crippen molar-refractivity contribution in [2.45, 2.75) is 31.7 Å². The minimum Gasteiger partial charge on any atom is -0.366 e. The van der Waals surface area contributed by atoms with Gasteiger partial charge in [0, 0.05) is 12.2 Å². The summed E-state index contributed by atoms with van der Waals surface area (Å²) in [7, 11) is 0. The van der Waals surface area contributed by atoms with Gasteiger partial charge in [-0.1, -0.05) is 23.2 Å². The van der Waals surface area contributed by atoms with Gasteiger partial charge in [0.15, 0.2) is 0 Å². The number of anilines is 1. The van der Waals surface area contributed by atoms with Crippen molar-refractivity contribution in [1.82, 2.24) is 4.98 Å². The molecule has 2 fully saturated rings. The van der Waals surface area contributed by atoms with Gasteiger partial charge in [0.05, 0.1) is 10.0 Å². The first-order chi connectivity index (χ1) is 7.74. The SMILES string of the molecule is Clc1cnc(NC(C2CC2)C2CC2)c(Cl)c1. The second-order valence-corrected chi connectivity index (χ2v) is 5.67. The molecule has 0 radical (unpaired) electrons. The van der Waals surface area contributed by atoms with Crippen molar-refractivity contribution >= 4 is 29.0 Å². The fraction of sp³-hybridized carbons (Fsp3) is 0.583. The van der Waals surface area contributed by atoms with Gasteiger partial charge in [-0.3, -0.25) is 0 Å². The molecule has 3 rings (SSSR count). The van der Waals surface area contributed by atoms with Crippen LogP contribution in [0.1, 0.15) is 25.7 Å². The highest BCUT2D eigenvalue weighted by atomic mass is 35.5. The topological polar surface area (TPSA) is 24.9 Å². The number of hydrogen-bond donors (Lipinski definition) is 1. The summed E-state index contributed by atoms with van der Waals surface area (Å²) in [6.45, 7) is 0. The molecule has 2 aliphatic carbocycles. The van der Waals surface area contributed by atoms with Crippen LogP contribution in [-0.2, 0) is 0 Å². The van der Waals surface area contributed by atoms with E-state index in [2.05, 4.69) is 10.3 Å². The lowest BCUT2D eigenvalue weighted by molar-refractivity contribution is 0.566. The van der Waals surface area contributed by atoms with Crippen molar-refractivity contribution in [1.29, 1.82) is 0 Å². The molecule has 0 saturated heterocycles. The molecule has 0 amide bonds. The third kappa shape index (κ3) is 2.28. The molecular formula is C12H14Cl2N2. The molecule has 1 aromatic rings. The number of halogens is 2. The van der Waals surface area contributed by atoms with Crippen LogP contribution in [0, 0.1) is 11.8 Å². The zero-order chi connectivity index (χ0) is 11.1. The Hall–Kier alpha value is -0.470. The molecular weight excluding hydrogens is 243 g/mol. The van der Waals surface area contributed by atoms with Crippen molar-refractivity contribution in [3.63, 3.8) is 0 Å². The third-order valence-corrected chi connectivity index (χ3v) is 3.87. The van der Waals surface area contributed by atoms with Crippen LogP contribution in [0.4, 0.5) is 5.82 Å². The van der Waals surface area contributed by atoms with E-state index in [-0.39, 0.29) is 0 Å². The summed E-state index contributed by atoms with van der Waals surface area (Å²) < 4.78 is 0. The summed E-state index contributed by atoms with van der Waals surface area (Å²) in [5.41, 5.74) is 0. The van der Waals surface area contributed by atoms with Crippen LogP contribution in [0.25, 0.3) is 0 Å². The summed E-state index contributed by atoms with van der Waals surface area (Å²) in [5.74, 6) is 2.46. The molecule has 0 spiro atoms. The van der Waals surface area contributed by atoms with Crippen molar-refractivity contribution in [3.05, 3.63) is 22.3 Å². The van der Waals surface area contributed by atoms with E-state index in [0.717, 1.165) is 17.7 Å². The highest BCUT2D eigenvalue weighted by molar-refractivity contribution is 6.35. The predicted molar refractivity (Wildman–Crippen MR) is 67.1 cm³/mol. The maximum Gasteiger partial charge on any atom is 0.145 e. The summed E-state index contributed by atoms with van der Waals surface area (Å²) in [4.78, 5) is 4.26. The van der Waals surface area contributed by atoms with Crippen LogP contribution in [-0.4, -0.2) is 11.0 Å². The Morgan fingerprint density at radius 3 is 2.31 bits per heavy atom. The van der Waals surface area contributed by atoms with Gasteiger partial charge in [0.2, 0.25) is 0 Å². The Balaban J connectivity index is 1.76. The van der Waals surface area contributed by atoms with Gasteiger partial charge in [0.1, 0.15) is 5.82 Å². The van der Waals surface area contributed by atoms with Crippen LogP contribution in [0.3, 0.4) is 0 Å². The second-order valence-electron chi connectivity index (χ2n) is 4.83. The van der Waals surface area contributed by atoms with Crippen LogP contribution >= 0.6 is 23.2 Å². The average molecular weight is 257 g/mol. The van der Waals surface area contributed by atoms with Gasteiger partial charge in [-0.15, -0.1) is 0 Å². The highest BCUT2D eigenvalue weighted by Crippen LogP contribution is 2.46. The van der Waals surface area contributed by atoms with Crippen molar-refractivity contribution in [3.8, 4) is 0 Å². The quantitative estimate of drug-likeness (QED) is 0.882. The van der Waals surface area contributed by atoms with Crippen molar-refractivity contribution in [2.24, 2.45) is 11.8 Å². The normalized spacial score (nSPS) is 20.2. The first-order valence-electron chi connectivity index (χ1n) is 5.81. The molecule has 0 aromatic carbocycles. The number of aromatic nitrogens is 1. The molecule has 86 valence electrons. The Kier molecular flexibility index (Phi) is 2.72. The van der Waals surface area contributed by atoms with E-state index in [0.29, 0.717) is 16.1 Å².